The van der Waals surface area contributed by atoms with Crippen molar-refractivity contribution in [1.82, 2.24) is 0 Å². The molecule has 0 saturated carbocycles. The van der Waals surface area contributed by atoms with E-state index >= 15 is 0 Å². The summed E-state index contributed by atoms with van der Waals surface area (Å²) in [6.07, 6.45) is 0. The van der Waals surface area contributed by atoms with E-state index in [0.717, 1.165) is 55.1 Å². The Morgan fingerprint density at radius 1 is 0.200 bits per heavy atom. The molecular weight excluding hydrogens is 1110 g/mol. The zero-order chi connectivity index (χ0) is 59.0. The van der Waals surface area contributed by atoms with Crippen LogP contribution in [0, 0.1) is 0 Å². The number of thiophene rings is 1. The number of benzene rings is 17. The largest absolute Gasteiger partial charge is 0.455 e. The van der Waals surface area contributed by atoms with Gasteiger partial charge in [0.15, 0.2) is 0 Å². The third-order valence-corrected chi connectivity index (χ3v) is 20.4. The van der Waals surface area contributed by atoms with Crippen LogP contribution in [0.4, 0.5) is 0 Å². The molecule has 0 radical (unpaired) electrons. The fourth-order valence-corrected chi connectivity index (χ4v) is 16.6. The SMILES string of the molecule is c1ccc(-c2c3ccccc3c(-c3cccc4c3sc3c(-c5ccccc5)c5ccccc5cc34)c3ccc(-c4ccc5c(-c6ccccc6)c6ccccc6c(-c6ccc(-c7ccc8ccccc8c7)c7oc8cc9ccccc9cc8c67)c5c4)cc23)cc1. The Hall–Kier alpha value is -11.4. The third kappa shape index (κ3) is 7.75. The van der Waals surface area contributed by atoms with Crippen LogP contribution in [0.3, 0.4) is 0 Å². The van der Waals surface area contributed by atoms with Crippen LogP contribution in [0.25, 0.3) is 195 Å². The first-order valence-electron chi connectivity index (χ1n) is 31.0. The van der Waals surface area contributed by atoms with E-state index in [9.17, 15) is 0 Å². The Kier molecular flexibility index (Phi) is 11.3. The Labute approximate surface area is 523 Å². The van der Waals surface area contributed by atoms with Crippen LogP contribution in [-0.2, 0) is 0 Å². The third-order valence-electron chi connectivity index (χ3n) is 19.2. The second-order valence-electron chi connectivity index (χ2n) is 24.1. The van der Waals surface area contributed by atoms with Crippen molar-refractivity contribution < 1.29 is 4.42 Å². The molecule has 0 aliphatic heterocycles. The van der Waals surface area contributed by atoms with Crippen LogP contribution < -0.4 is 0 Å². The quantitative estimate of drug-likeness (QED) is 0.145. The molecule has 19 aromatic rings. The van der Waals surface area contributed by atoms with Gasteiger partial charge in [0.2, 0.25) is 0 Å². The summed E-state index contributed by atoms with van der Waals surface area (Å²) in [5, 5.41) is 21.7. The highest BCUT2D eigenvalue weighted by Gasteiger charge is 2.26. The van der Waals surface area contributed by atoms with Gasteiger partial charge in [-0.25, -0.2) is 0 Å². The first-order valence-corrected chi connectivity index (χ1v) is 31.9. The van der Waals surface area contributed by atoms with Crippen LogP contribution in [0.2, 0.25) is 0 Å². The number of furan rings is 1. The lowest BCUT2D eigenvalue weighted by molar-refractivity contribution is 0.670. The molecule has 0 unspecified atom stereocenters. The minimum absolute atomic E-state index is 0.875. The van der Waals surface area contributed by atoms with E-state index in [4.69, 9.17) is 4.42 Å². The maximum Gasteiger partial charge on any atom is 0.143 e. The van der Waals surface area contributed by atoms with Gasteiger partial charge in [0.25, 0.3) is 0 Å². The predicted octanol–water partition coefficient (Wildman–Crippen LogP) is 25.7. The van der Waals surface area contributed by atoms with Crippen LogP contribution in [-0.4, -0.2) is 0 Å². The van der Waals surface area contributed by atoms with Crippen molar-refractivity contribution in [2.45, 2.75) is 0 Å². The normalized spacial score (nSPS) is 12.0. The number of hydrogen-bond donors (Lipinski definition) is 0. The first-order chi connectivity index (χ1) is 44.6. The van der Waals surface area contributed by atoms with Crippen LogP contribution >= 0.6 is 11.3 Å². The molecule has 90 heavy (non-hydrogen) atoms. The van der Waals surface area contributed by atoms with Crippen LogP contribution in [0.15, 0.2) is 320 Å². The monoisotopic (exact) mass is 1160 g/mol. The van der Waals surface area contributed by atoms with Crippen molar-refractivity contribution in [1.29, 1.82) is 0 Å². The lowest BCUT2D eigenvalue weighted by atomic mass is 9.82. The average molecular weight is 1160 g/mol. The van der Waals surface area contributed by atoms with Gasteiger partial charge in [0.05, 0.1) is 0 Å². The molecule has 0 N–H and O–H groups in total. The Balaban J connectivity index is 0.893. The van der Waals surface area contributed by atoms with Gasteiger partial charge >= 0.3 is 0 Å². The molecule has 0 spiro atoms. The number of rotatable bonds is 7. The summed E-state index contributed by atoms with van der Waals surface area (Å²) in [4.78, 5) is 0. The Morgan fingerprint density at radius 3 is 1.29 bits per heavy atom. The molecule has 0 aliphatic rings. The molecule has 19 rings (SSSR count). The lowest BCUT2D eigenvalue weighted by Gasteiger charge is -2.21. The van der Waals surface area contributed by atoms with Gasteiger partial charge in [-0.05, 0) is 179 Å². The molecular formula is C88H52OS. The van der Waals surface area contributed by atoms with E-state index < -0.39 is 0 Å². The predicted molar refractivity (Wildman–Crippen MR) is 387 cm³/mol. The summed E-state index contributed by atoms with van der Waals surface area (Å²) in [5.41, 5.74) is 18.5. The van der Waals surface area contributed by atoms with E-state index in [1.54, 1.807) is 0 Å². The maximum atomic E-state index is 7.27. The molecule has 17 aromatic carbocycles. The number of hydrogen-bond acceptors (Lipinski definition) is 2. The summed E-state index contributed by atoms with van der Waals surface area (Å²) in [5.74, 6) is 0. The van der Waals surface area contributed by atoms with Gasteiger partial charge in [0.1, 0.15) is 11.2 Å². The van der Waals surface area contributed by atoms with Crippen molar-refractivity contribution in [3.63, 3.8) is 0 Å². The van der Waals surface area contributed by atoms with E-state index in [1.165, 1.54) is 140 Å². The minimum atomic E-state index is 0.875. The summed E-state index contributed by atoms with van der Waals surface area (Å²) in [6, 6.07) is 117. The van der Waals surface area contributed by atoms with E-state index in [1.807, 2.05) is 11.3 Å². The molecule has 0 atom stereocenters. The fraction of sp³-hybridized carbons (Fsp3) is 0. The summed E-state index contributed by atoms with van der Waals surface area (Å²) < 4.78 is 9.88. The van der Waals surface area contributed by atoms with Gasteiger partial charge in [0, 0.05) is 47.6 Å². The average Bonchev–Trinajstić information content (AvgIpc) is 1.27. The molecule has 0 saturated heterocycles. The highest BCUT2D eigenvalue weighted by Crippen LogP contribution is 2.53. The molecule has 1 nitrogen and oxygen atoms in total. The first kappa shape index (κ1) is 50.7. The summed E-state index contributed by atoms with van der Waals surface area (Å²) >= 11 is 1.93. The topological polar surface area (TPSA) is 13.1 Å². The Morgan fingerprint density at radius 2 is 0.644 bits per heavy atom. The van der Waals surface area contributed by atoms with E-state index in [2.05, 4.69) is 315 Å². The molecule has 416 valence electrons. The van der Waals surface area contributed by atoms with Crippen molar-refractivity contribution in [2.24, 2.45) is 0 Å². The summed E-state index contributed by atoms with van der Waals surface area (Å²) in [7, 11) is 0. The molecule has 2 aromatic heterocycles. The van der Waals surface area contributed by atoms with Crippen molar-refractivity contribution >= 4 is 129 Å². The van der Waals surface area contributed by atoms with Crippen molar-refractivity contribution in [3.8, 4) is 77.9 Å². The zero-order valence-electron chi connectivity index (χ0n) is 48.8. The van der Waals surface area contributed by atoms with Crippen LogP contribution in [0.1, 0.15) is 0 Å². The van der Waals surface area contributed by atoms with Gasteiger partial charge in [-0.1, -0.05) is 273 Å². The molecule has 0 amide bonds. The maximum absolute atomic E-state index is 7.27. The van der Waals surface area contributed by atoms with Crippen molar-refractivity contribution in [3.05, 3.63) is 315 Å². The molecule has 2 heteroatoms. The fourth-order valence-electron chi connectivity index (χ4n) is 15.2. The van der Waals surface area contributed by atoms with Gasteiger partial charge < -0.3 is 4.42 Å². The standard InChI is InChI=1S/C88H52OS/c1-4-22-54(23-5-1)80-66-33-16-19-36-69(66)84(73-46-45-65(63-40-39-53-21-10-11-28-57(53)47-63)86-85(73)78-50-58-29-12-13-30-59(58)52-79(78)89-86)76-49-61(41-43-70(76)80)60-42-44-71-75(48-60)81(55-24-6-2-7-25-55)67-34-17-18-35-68(67)83(71)74-38-20-37-72-77-51-62-31-14-15-32-64(62)82(88(77)90-87(72)74)56-26-8-3-9-27-56/h1-52H. The minimum Gasteiger partial charge on any atom is -0.455 e. The number of fused-ring (bicyclic) bond motifs is 13. The summed E-state index contributed by atoms with van der Waals surface area (Å²) in [6.45, 7) is 0. The van der Waals surface area contributed by atoms with E-state index in [-0.39, 0.29) is 0 Å². The van der Waals surface area contributed by atoms with Gasteiger partial charge in [-0.2, -0.15) is 0 Å². The Bertz CT molecular complexity index is 6190. The molecule has 0 fully saturated rings. The molecule has 2 heterocycles. The highest BCUT2D eigenvalue weighted by atomic mass is 32.1. The lowest BCUT2D eigenvalue weighted by Crippen LogP contribution is -1.93. The second kappa shape index (κ2) is 20.1. The second-order valence-corrected chi connectivity index (χ2v) is 25.1. The van der Waals surface area contributed by atoms with Crippen LogP contribution in [0.5, 0.6) is 0 Å². The smallest absolute Gasteiger partial charge is 0.143 e. The van der Waals surface area contributed by atoms with Gasteiger partial charge in [-0.3, -0.25) is 0 Å². The van der Waals surface area contributed by atoms with E-state index in [0.29, 0.717) is 0 Å². The zero-order valence-corrected chi connectivity index (χ0v) is 49.7. The molecule has 0 bridgehead atoms. The van der Waals surface area contributed by atoms with Gasteiger partial charge in [-0.15, -0.1) is 11.3 Å². The molecule has 0 aliphatic carbocycles. The van der Waals surface area contributed by atoms with Crippen molar-refractivity contribution in [2.75, 3.05) is 0 Å². The highest BCUT2D eigenvalue weighted by molar-refractivity contribution is 7.27.